The van der Waals surface area contributed by atoms with Crippen LogP contribution in [0.25, 0.3) is 0 Å². The van der Waals surface area contributed by atoms with Crippen LogP contribution in [0.2, 0.25) is 0 Å². The van der Waals surface area contributed by atoms with Gasteiger partial charge in [-0.2, -0.15) is 18.3 Å². The minimum atomic E-state index is -4.46. The molecule has 0 saturated carbocycles. The molecule has 0 amide bonds. The number of hydrazone groups is 1. The summed E-state index contributed by atoms with van der Waals surface area (Å²) in [4.78, 5) is 14.3. The van der Waals surface area contributed by atoms with Gasteiger partial charge in [0.25, 0.3) is 0 Å². The second-order valence-electron chi connectivity index (χ2n) is 5.25. The van der Waals surface area contributed by atoms with Crippen molar-refractivity contribution in [3.8, 4) is 11.5 Å². The number of carboxylic acid groups (broad SMARTS) is 1. The highest BCUT2D eigenvalue weighted by molar-refractivity contribution is 9.10. The summed E-state index contributed by atoms with van der Waals surface area (Å²) in [5.74, 6) is -0.450. The van der Waals surface area contributed by atoms with Crippen molar-refractivity contribution in [2.45, 2.75) is 13.1 Å². The largest absolute Gasteiger partial charge is 0.490 e. The first kappa shape index (κ1) is 21.5. The summed E-state index contributed by atoms with van der Waals surface area (Å²) in [6, 6.07) is 5.25. The van der Waals surface area contributed by atoms with Gasteiger partial charge in [-0.3, -0.25) is 5.43 Å². The van der Waals surface area contributed by atoms with Crippen molar-refractivity contribution in [1.82, 2.24) is 4.98 Å². The summed E-state index contributed by atoms with van der Waals surface area (Å²) in [6.07, 6.45) is -2.36. The Bertz CT molecular complexity index is 858. The van der Waals surface area contributed by atoms with Crippen molar-refractivity contribution >= 4 is 33.9 Å². The Morgan fingerprint density at radius 1 is 1.36 bits per heavy atom. The monoisotopic (exact) mass is 461 g/mol. The number of pyridine rings is 1. The van der Waals surface area contributed by atoms with E-state index in [1.54, 1.807) is 19.1 Å². The van der Waals surface area contributed by atoms with Crippen LogP contribution in [-0.2, 0) is 11.0 Å². The molecule has 2 rings (SSSR count). The molecule has 2 N–H and O–H groups in total. The van der Waals surface area contributed by atoms with E-state index in [1.807, 2.05) is 0 Å². The lowest BCUT2D eigenvalue weighted by molar-refractivity contribution is -0.139. The van der Waals surface area contributed by atoms with Crippen LogP contribution in [0.4, 0.5) is 19.0 Å². The third kappa shape index (κ3) is 6.12. The predicted octanol–water partition coefficient (Wildman–Crippen LogP) is 4.17. The molecule has 2 aromatic rings. The smallest absolute Gasteiger partial charge is 0.417 e. The minimum absolute atomic E-state index is 0.134. The summed E-state index contributed by atoms with van der Waals surface area (Å²) in [7, 11) is 0. The minimum Gasteiger partial charge on any atom is -0.490 e. The van der Waals surface area contributed by atoms with Crippen LogP contribution >= 0.6 is 15.9 Å². The second-order valence-corrected chi connectivity index (χ2v) is 6.10. The number of anilines is 1. The average Bonchev–Trinajstić information content (AvgIpc) is 2.61. The molecule has 1 aromatic heterocycles. The van der Waals surface area contributed by atoms with Gasteiger partial charge < -0.3 is 14.6 Å². The molecule has 7 nitrogen and oxygen atoms in total. The number of rotatable bonds is 8. The van der Waals surface area contributed by atoms with Gasteiger partial charge in [0.1, 0.15) is 5.82 Å². The van der Waals surface area contributed by atoms with E-state index in [2.05, 4.69) is 31.4 Å². The van der Waals surface area contributed by atoms with Crippen LogP contribution in [0.5, 0.6) is 11.5 Å². The number of nitrogens with one attached hydrogen (secondary N) is 1. The Hall–Kier alpha value is -2.82. The fourth-order valence-electron chi connectivity index (χ4n) is 2.00. The lowest BCUT2D eigenvalue weighted by Crippen LogP contribution is -2.11. The molecule has 0 radical (unpaired) electrons. The van der Waals surface area contributed by atoms with Gasteiger partial charge >= 0.3 is 12.1 Å². The van der Waals surface area contributed by atoms with Crippen LogP contribution < -0.4 is 14.9 Å². The van der Waals surface area contributed by atoms with Crippen molar-refractivity contribution in [2.24, 2.45) is 5.10 Å². The molecule has 0 aliphatic heterocycles. The zero-order valence-electron chi connectivity index (χ0n) is 14.5. The first-order valence-corrected chi connectivity index (χ1v) is 8.63. The van der Waals surface area contributed by atoms with Gasteiger partial charge in [0.05, 0.1) is 22.9 Å². The van der Waals surface area contributed by atoms with Gasteiger partial charge in [0, 0.05) is 6.20 Å². The zero-order valence-corrected chi connectivity index (χ0v) is 16.0. The normalized spacial score (nSPS) is 11.5. The maximum Gasteiger partial charge on any atom is 0.417 e. The van der Waals surface area contributed by atoms with Crippen LogP contribution in [-0.4, -0.2) is 35.5 Å². The Kier molecular flexibility index (Phi) is 7.21. The first-order valence-electron chi connectivity index (χ1n) is 7.84. The first-order chi connectivity index (χ1) is 13.2. The molecular formula is C17H15BrF3N3O4. The average molecular weight is 462 g/mol. The van der Waals surface area contributed by atoms with E-state index in [4.69, 9.17) is 14.6 Å². The number of ether oxygens (including phenoxy) is 2. The molecule has 0 fully saturated rings. The highest BCUT2D eigenvalue weighted by Gasteiger charge is 2.30. The summed E-state index contributed by atoms with van der Waals surface area (Å²) in [5.41, 5.74) is 2.23. The van der Waals surface area contributed by atoms with Gasteiger partial charge in [-0.25, -0.2) is 9.78 Å². The summed E-state index contributed by atoms with van der Waals surface area (Å²) < 4.78 is 48.7. The van der Waals surface area contributed by atoms with E-state index < -0.39 is 24.3 Å². The van der Waals surface area contributed by atoms with Crippen molar-refractivity contribution in [3.63, 3.8) is 0 Å². The molecule has 0 aliphatic carbocycles. The third-order valence-corrected chi connectivity index (χ3v) is 3.74. The van der Waals surface area contributed by atoms with E-state index in [-0.39, 0.29) is 11.6 Å². The molecule has 28 heavy (non-hydrogen) atoms. The molecule has 0 spiro atoms. The maximum atomic E-state index is 12.5. The molecule has 0 unspecified atom stereocenters. The van der Waals surface area contributed by atoms with E-state index >= 15 is 0 Å². The molecule has 0 bridgehead atoms. The Labute approximate surface area is 166 Å². The van der Waals surface area contributed by atoms with Crippen molar-refractivity contribution < 1.29 is 32.5 Å². The number of benzene rings is 1. The van der Waals surface area contributed by atoms with Crippen LogP contribution in [0.3, 0.4) is 0 Å². The van der Waals surface area contributed by atoms with Crippen molar-refractivity contribution in [1.29, 1.82) is 0 Å². The number of aromatic nitrogens is 1. The Morgan fingerprint density at radius 3 is 2.68 bits per heavy atom. The van der Waals surface area contributed by atoms with Gasteiger partial charge in [0.2, 0.25) is 0 Å². The van der Waals surface area contributed by atoms with Gasteiger partial charge in [-0.15, -0.1) is 0 Å². The van der Waals surface area contributed by atoms with E-state index in [0.29, 0.717) is 28.6 Å². The summed E-state index contributed by atoms with van der Waals surface area (Å²) in [6.45, 7) is 1.55. The predicted molar refractivity (Wildman–Crippen MR) is 98.9 cm³/mol. The molecule has 1 aromatic carbocycles. The number of nitrogens with zero attached hydrogens (tertiary/aromatic N) is 2. The highest BCUT2D eigenvalue weighted by Crippen LogP contribution is 2.36. The van der Waals surface area contributed by atoms with Gasteiger partial charge in [0.15, 0.2) is 18.1 Å². The molecule has 11 heteroatoms. The molecular weight excluding hydrogens is 447 g/mol. The fraction of sp³-hybridized carbons (Fsp3) is 0.235. The Balaban J connectivity index is 2.13. The van der Waals surface area contributed by atoms with E-state index in [0.717, 1.165) is 12.1 Å². The highest BCUT2D eigenvalue weighted by atomic mass is 79.9. The van der Waals surface area contributed by atoms with E-state index in [9.17, 15) is 18.0 Å². The van der Waals surface area contributed by atoms with Crippen LogP contribution in [0, 0.1) is 0 Å². The molecule has 0 saturated heterocycles. The number of hydrogen-bond acceptors (Lipinski definition) is 6. The SMILES string of the molecule is CCOc1cc(/C=N\Nc2ccc(C(F)(F)F)cn2)cc(Br)c1OCC(=O)O. The van der Waals surface area contributed by atoms with Crippen molar-refractivity contribution in [2.75, 3.05) is 18.6 Å². The zero-order chi connectivity index (χ0) is 20.7. The molecule has 0 atom stereocenters. The standard InChI is InChI=1S/C17H15BrF3N3O4/c1-2-27-13-6-10(5-12(18)16(13)28-9-15(25)26)7-23-24-14-4-3-11(8-22-14)17(19,20)21/h3-8H,2,9H2,1H3,(H,22,24)(H,25,26)/b23-7-. The maximum absolute atomic E-state index is 12.5. The summed E-state index contributed by atoms with van der Waals surface area (Å²) in [5, 5.41) is 12.7. The van der Waals surface area contributed by atoms with Crippen LogP contribution in [0.1, 0.15) is 18.1 Å². The lowest BCUT2D eigenvalue weighted by atomic mass is 10.2. The van der Waals surface area contributed by atoms with Crippen LogP contribution in [0.15, 0.2) is 40.0 Å². The fourth-order valence-corrected chi connectivity index (χ4v) is 2.57. The Morgan fingerprint density at radius 2 is 2.11 bits per heavy atom. The quantitative estimate of drug-likeness (QED) is 0.452. The lowest BCUT2D eigenvalue weighted by Gasteiger charge is -2.13. The molecule has 0 aliphatic rings. The van der Waals surface area contributed by atoms with Gasteiger partial charge in [-0.05, 0) is 52.7 Å². The van der Waals surface area contributed by atoms with Crippen molar-refractivity contribution in [3.05, 3.63) is 46.1 Å². The number of hydrogen-bond donors (Lipinski definition) is 2. The number of carboxylic acids is 1. The molecule has 150 valence electrons. The number of aliphatic carboxylic acids is 1. The number of carbonyl (C=O) groups is 1. The summed E-state index contributed by atoms with van der Waals surface area (Å²) >= 11 is 3.28. The molecule has 1 heterocycles. The third-order valence-electron chi connectivity index (χ3n) is 3.16. The topological polar surface area (TPSA) is 93.0 Å². The second kappa shape index (κ2) is 9.40. The van der Waals surface area contributed by atoms with Gasteiger partial charge in [-0.1, -0.05) is 0 Å². The number of halogens is 4. The number of alkyl halides is 3. The van der Waals surface area contributed by atoms with E-state index in [1.165, 1.54) is 6.21 Å².